The van der Waals surface area contributed by atoms with Crippen molar-refractivity contribution in [3.8, 4) is 0 Å². The summed E-state index contributed by atoms with van der Waals surface area (Å²) >= 11 is 1.44. The largest absolute Gasteiger partial charge is 0.467 e. The van der Waals surface area contributed by atoms with Crippen molar-refractivity contribution in [2.24, 2.45) is 0 Å². The van der Waals surface area contributed by atoms with E-state index in [0.717, 1.165) is 36.4 Å². The average molecular weight is 266 g/mol. The Labute approximate surface area is 111 Å². The van der Waals surface area contributed by atoms with Crippen molar-refractivity contribution in [1.29, 1.82) is 0 Å². The molecule has 0 N–H and O–H groups in total. The Morgan fingerprint density at radius 1 is 1.33 bits per heavy atom. The predicted octanol–water partition coefficient (Wildman–Crippen LogP) is 2.01. The Kier molecular flexibility index (Phi) is 4.33. The Morgan fingerprint density at radius 2 is 2.17 bits per heavy atom. The molecule has 0 aromatic carbocycles. The zero-order valence-corrected chi connectivity index (χ0v) is 11.8. The molecule has 2 aromatic heterocycles. The second-order valence-corrected chi connectivity index (χ2v) is 5.16. The number of aromatic nitrogens is 2. The van der Waals surface area contributed by atoms with Gasteiger partial charge in [-0.25, -0.2) is 4.98 Å². The molecule has 0 saturated carbocycles. The van der Waals surface area contributed by atoms with Crippen LogP contribution in [0.25, 0.3) is 0 Å². The standard InChI is InChI=1S/C12H18N4OS/c1-10-13-12(18-14-10)16(7-6-15(2)3)9-11-5-4-8-17-11/h4-5,8H,6-7,9H2,1-3H3. The van der Waals surface area contributed by atoms with Gasteiger partial charge in [-0.2, -0.15) is 4.37 Å². The van der Waals surface area contributed by atoms with Crippen LogP contribution in [0.2, 0.25) is 0 Å². The molecule has 0 amide bonds. The Morgan fingerprint density at radius 3 is 2.72 bits per heavy atom. The second kappa shape index (κ2) is 5.97. The van der Waals surface area contributed by atoms with E-state index in [2.05, 4.69) is 33.3 Å². The molecular weight excluding hydrogens is 248 g/mol. The van der Waals surface area contributed by atoms with Gasteiger partial charge in [-0.15, -0.1) is 0 Å². The van der Waals surface area contributed by atoms with Crippen LogP contribution in [0.3, 0.4) is 0 Å². The van der Waals surface area contributed by atoms with Gasteiger partial charge in [0, 0.05) is 24.6 Å². The smallest absolute Gasteiger partial charge is 0.205 e. The van der Waals surface area contributed by atoms with E-state index in [0.29, 0.717) is 0 Å². The lowest BCUT2D eigenvalue weighted by Crippen LogP contribution is -2.31. The number of hydrogen-bond donors (Lipinski definition) is 0. The minimum atomic E-state index is 0.732. The molecule has 2 heterocycles. The highest BCUT2D eigenvalue weighted by atomic mass is 32.1. The zero-order chi connectivity index (χ0) is 13.0. The minimum absolute atomic E-state index is 0.732. The minimum Gasteiger partial charge on any atom is -0.467 e. The zero-order valence-electron chi connectivity index (χ0n) is 11.0. The van der Waals surface area contributed by atoms with Gasteiger partial charge in [0.25, 0.3) is 0 Å². The number of rotatable bonds is 6. The van der Waals surface area contributed by atoms with E-state index >= 15 is 0 Å². The van der Waals surface area contributed by atoms with Crippen LogP contribution < -0.4 is 4.90 Å². The molecule has 0 saturated heterocycles. The van der Waals surface area contributed by atoms with E-state index < -0.39 is 0 Å². The number of furan rings is 1. The van der Waals surface area contributed by atoms with Crippen molar-refractivity contribution in [2.45, 2.75) is 13.5 Å². The highest BCUT2D eigenvalue weighted by molar-refractivity contribution is 7.09. The Bertz CT molecular complexity index is 466. The lowest BCUT2D eigenvalue weighted by Gasteiger charge is -2.22. The summed E-state index contributed by atoms with van der Waals surface area (Å²) in [7, 11) is 4.13. The monoisotopic (exact) mass is 266 g/mol. The van der Waals surface area contributed by atoms with Gasteiger partial charge in [0.15, 0.2) is 0 Å². The van der Waals surface area contributed by atoms with Gasteiger partial charge in [-0.3, -0.25) is 0 Å². The summed E-state index contributed by atoms with van der Waals surface area (Å²) in [5.74, 6) is 1.77. The molecule has 98 valence electrons. The van der Waals surface area contributed by atoms with Gasteiger partial charge in [-0.05, 0) is 33.2 Å². The van der Waals surface area contributed by atoms with Crippen molar-refractivity contribution in [3.05, 3.63) is 30.0 Å². The molecule has 2 aromatic rings. The highest BCUT2D eigenvalue weighted by Crippen LogP contribution is 2.19. The van der Waals surface area contributed by atoms with Crippen LogP contribution in [-0.4, -0.2) is 41.4 Å². The average Bonchev–Trinajstić information content (AvgIpc) is 2.95. The van der Waals surface area contributed by atoms with E-state index in [4.69, 9.17) is 4.42 Å². The SMILES string of the molecule is Cc1nsc(N(CCN(C)C)Cc2ccco2)n1. The molecule has 0 atom stereocenters. The number of aryl methyl sites for hydroxylation is 1. The summed E-state index contributed by atoms with van der Waals surface area (Å²) in [6, 6.07) is 3.89. The summed E-state index contributed by atoms with van der Waals surface area (Å²) in [5.41, 5.74) is 0. The third-order valence-electron chi connectivity index (χ3n) is 2.53. The first-order valence-corrected chi connectivity index (χ1v) is 6.65. The highest BCUT2D eigenvalue weighted by Gasteiger charge is 2.13. The number of anilines is 1. The van der Waals surface area contributed by atoms with Crippen LogP contribution in [0.15, 0.2) is 22.8 Å². The van der Waals surface area contributed by atoms with Gasteiger partial charge in [0.05, 0.1) is 12.8 Å². The molecule has 0 fully saturated rings. The predicted molar refractivity (Wildman–Crippen MR) is 73.0 cm³/mol. The molecule has 0 aliphatic carbocycles. The van der Waals surface area contributed by atoms with Crippen molar-refractivity contribution in [2.75, 3.05) is 32.1 Å². The molecule has 0 spiro atoms. The Hall–Kier alpha value is -1.40. The molecule has 0 aliphatic rings. The lowest BCUT2D eigenvalue weighted by atomic mass is 10.4. The molecule has 2 rings (SSSR count). The molecule has 0 radical (unpaired) electrons. The molecule has 0 unspecified atom stereocenters. The number of hydrogen-bond acceptors (Lipinski definition) is 6. The first-order valence-electron chi connectivity index (χ1n) is 5.87. The maximum absolute atomic E-state index is 5.40. The van der Waals surface area contributed by atoms with Crippen molar-refractivity contribution in [3.63, 3.8) is 0 Å². The quantitative estimate of drug-likeness (QED) is 0.800. The summed E-state index contributed by atoms with van der Waals surface area (Å²) in [5, 5.41) is 0.950. The molecule has 0 bridgehead atoms. The third kappa shape index (κ3) is 3.54. The maximum atomic E-state index is 5.40. The summed E-state index contributed by atoms with van der Waals surface area (Å²) in [6.07, 6.45) is 1.70. The van der Waals surface area contributed by atoms with Crippen molar-refractivity contribution < 1.29 is 4.42 Å². The fourth-order valence-electron chi connectivity index (χ4n) is 1.57. The van der Waals surface area contributed by atoms with E-state index in [1.807, 2.05) is 19.1 Å². The summed E-state index contributed by atoms with van der Waals surface area (Å²) in [4.78, 5) is 8.80. The lowest BCUT2D eigenvalue weighted by molar-refractivity contribution is 0.407. The van der Waals surface area contributed by atoms with Gasteiger partial charge >= 0.3 is 0 Å². The van der Waals surface area contributed by atoms with Crippen LogP contribution in [0, 0.1) is 6.92 Å². The third-order valence-corrected chi connectivity index (χ3v) is 3.40. The van der Waals surface area contributed by atoms with Gasteiger partial charge in [-0.1, -0.05) is 0 Å². The van der Waals surface area contributed by atoms with Crippen LogP contribution in [0.5, 0.6) is 0 Å². The van der Waals surface area contributed by atoms with Gasteiger partial charge < -0.3 is 14.2 Å². The number of likely N-dealkylation sites (N-methyl/N-ethyl adjacent to an activating group) is 1. The van der Waals surface area contributed by atoms with Crippen molar-refractivity contribution >= 4 is 16.7 Å². The van der Waals surface area contributed by atoms with E-state index in [-0.39, 0.29) is 0 Å². The van der Waals surface area contributed by atoms with E-state index in [1.54, 1.807) is 6.26 Å². The first kappa shape index (κ1) is 13.0. The second-order valence-electron chi connectivity index (χ2n) is 4.43. The topological polar surface area (TPSA) is 45.4 Å². The van der Waals surface area contributed by atoms with Crippen LogP contribution in [0.1, 0.15) is 11.6 Å². The first-order chi connectivity index (χ1) is 8.65. The molecule has 6 heteroatoms. The molecular formula is C12H18N4OS. The number of nitrogens with zero attached hydrogens (tertiary/aromatic N) is 4. The summed E-state index contributed by atoms with van der Waals surface area (Å²) < 4.78 is 9.64. The van der Waals surface area contributed by atoms with E-state index in [9.17, 15) is 0 Å². The fourth-order valence-corrected chi connectivity index (χ4v) is 2.27. The van der Waals surface area contributed by atoms with Crippen LogP contribution in [-0.2, 0) is 6.54 Å². The molecule has 0 aliphatic heterocycles. The normalized spacial score (nSPS) is 11.1. The van der Waals surface area contributed by atoms with E-state index in [1.165, 1.54) is 11.5 Å². The summed E-state index contributed by atoms with van der Waals surface area (Å²) in [6.45, 7) is 4.52. The van der Waals surface area contributed by atoms with Crippen LogP contribution >= 0.6 is 11.5 Å². The maximum Gasteiger partial charge on any atom is 0.205 e. The Balaban J connectivity index is 2.07. The van der Waals surface area contributed by atoms with Gasteiger partial charge in [0.1, 0.15) is 11.6 Å². The fraction of sp³-hybridized carbons (Fsp3) is 0.500. The molecule has 5 nitrogen and oxygen atoms in total. The van der Waals surface area contributed by atoms with Gasteiger partial charge in [0.2, 0.25) is 5.13 Å². The molecule has 18 heavy (non-hydrogen) atoms. The van der Waals surface area contributed by atoms with Crippen LogP contribution in [0.4, 0.5) is 5.13 Å². The van der Waals surface area contributed by atoms with Crippen molar-refractivity contribution in [1.82, 2.24) is 14.3 Å².